The molecule has 3 aliphatic carbocycles. The topological polar surface area (TPSA) is 351 Å². The molecule has 0 N–H and O–H groups in total. The number of fused-ring (bicyclic) bond motifs is 15. The van der Waals surface area contributed by atoms with Gasteiger partial charge in [-0.1, -0.05) is 98.2 Å². The van der Waals surface area contributed by atoms with Crippen LogP contribution in [0.1, 0.15) is 213 Å². The van der Waals surface area contributed by atoms with E-state index >= 15 is 26.3 Å². The minimum atomic E-state index is -3.36. The van der Waals surface area contributed by atoms with Gasteiger partial charge in [-0.15, -0.1) is 0 Å². The number of benzene rings is 3. The Kier molecular flexibility index (Phi) is 33.9. The Bertz CT molecular complexity index is 5440. The van der Waals surface area contributed by atoms with Crippen LogP contribution in [-0.4, -0.2) is 234 Å². The number of ether oxygens (including phenoxy) is 12. The first kappa shape index (κ1) is 107. The molecule has 30 nitrogen and oxygen atoms in total. The molecule has 9 fully saturated rings. The Morgan fingerprint density at radius 1 is 0.391 bits per heavy atom. The van der Waals surface area contributed by atoms with E-state index in [1.54, 1.807) is 54.6 Å². The van der Waals surface area contributed by atoms with Crippen molar-refractivity contribution >= 4 is 87.6 Å². The molecule has 3 saturated carbocycles. The van der Waals surface area contributed by atoms with Crippen molar-refractivity contribution in [2.24, 2.45) is 69.5 Å². The molecule has 18 atom stereocenters. The van der Waals surface area contributed by atoms with Crippen molar-refractivity contribution in [3.63, 3.8) is 0 Å². The van der Waals surface area contributed by atoms with Crippen LogP contribution in [0, 0.1) is 69.5 Å². The predicted molar refractivity (Wildman–Crippen MR) is 472 cm³/mol. The monoisotopic (exact) mass is 2040 g/mol. The van der Waals surface area contributed by atoms with E-state index in [1.807, 2.05) is 67.3 Å². The quantitative estimate of drug-likeness (QED) is 0.0475. The molecule has 6 aromatic rings. The summed E-state index contributed by atoms with van der Waals surface area (Å²) in [6.07, 6.45) is 10.3. The van der Waals surface area contributed by atoms with Gasteiger partial charge < -0.3 is 85.9 Å². The van der Waals surface area contributed by atoms with Crippen molar-refractivity contribution < 1.29 is 182 Å². The van der Waals surface area contributed by atoms with Crippen molar-refractivity contribution in [3.05, 3.63) is 71.7 Å². The summed E-state index contributed by atoms with van der Waals surface area (Å²) >= 11 is 0. The number of esters is 3. The van der Waals surface area contributed by atoms with Gasteiger partial charge in [-0.3, -0.25) is 28.8 Å². The second-order valence-corrected chi connectivity index (χ2v) is 40.0. The van der Waals surface area contributed by atoms with E-state index in [4.69, 9.17) is 56.8 Å². The van der Waals surface area contributed by atoms with Gasteiger partial charge in [0.05, 0.1) is 151 Å². The van der Waals surface area contributed by atoms with Crippen LogP contribution in [-0.2, 0) is 145 Å². The average Bonchev–Trinajstić information content (AvgIpc) is 1.65. The van der Waals surface area contributed by atoms with E-state index in [2.05, 4.69) is 29.9 Å². The van der Waals surface area contributed by atoms with Gasteiger partial charge in [0.15, 0.2) is 17.1 Å². The standard InChI is InChI=1S/C34H42F2N3O7.C33H40F2N3O7.C32H38F2N3O7.3V/c1-4-22-26(17-40)39-16-28(22)46-31-30(37-24-12-11-21(43-3)14-25(24)38-31)34(35,36)13-6-5-8-20-9-7-10-27(20)45-29(41)15-23(32(39)42)33(2)18-44-19-33;1-5-21-25(16-39)38-15-26(21)44-29-28(36-23-10-9-20(42-4)12-24(23)37-29)33(34,35)11-7-6-8-19-14-32(19,3)45-27(40)13-22(30(38)41)31(2)17-43-18-31;1-4-20-24(15-38)37-14-26(20)44-29-28(35-22-9-8-19(41-3)12-23(22)36-29)32(33,34)10-6-5-7-18-11-25(18)43-27(39)13-21(30(37)40)31(2)16-42-17-31;;;/h11-12,14,20,22-23,26-28H,4-10,13,15-16,18-19H2,1-3H3;9-10,12,19,21-22,25-26H,5-8,11,13-15,17-18H2,1-4H3;8-9,12,18,20-21,24-26H,4-7,10-11,13-14,16-17H2,1-3H3;;;/q3*-1;;;/t20-,22+,23-,26-,27-,28+;19-,21+,22-,25-,26+,32-;18-,20+,21-,24-,25-,26+;;;/m111.../s1. The summed E-state index contributed by atoms with van der Waals surface area (Å²) in [6, 6.07) is 11.4. The smallest absolute Gasteiger partial charge is 0.307 e. The molecule has 3 aromatic heterocycles. The first-order valence-electron chi connectivity index (χ1n) is 47.7. The molecule has 0 spiro atoms. The molecule has 0 unspecified atom stereocenters. The van der Waals surface area contributed by atoms with Crippen LogP contribution in [0.3, 0.4) is 0 Å². The van der Waals surface area contributed by atoms with Crippen molar-refractivity contribution in [2.75, 3.05) is 80.6 Å². The number of nitrogens with zero attached hydrogens (tertiary/aromatic N) is 9. The maximum Gasteiger partial charge on any atom is 0.307 e. The van der Waals surface area contributed by atoms with E-state index in [9.17, 15) is 43.2 Å². The van der Waals surface area contributed by atoms with Gasteiger partial charge >= 0.3 is 17.9 Å². The van der Waals surface area contributed by atoms with E-state index in [0.717, 1.165) is 12.8 Å². The maximum atomic E-state index is 16.1. The number of rotatable bonds is 12. The van der Waals surface area contributed by atoms with Gasteiger partial charge in [-0.25, -0.2) is 48.8 Å². The molecule has 3 aromatic carbocycles. The fourth-order valence-electron chi connectivity index (χ4n) is 21.8. The zero-order valence-corrected chi connectivity index (χ0v) is 83.5. The number of amides is 3. The second kappa shape index (κ2) is 43.8. The molecule has 6 saturated heterocycles. The van der Waals surface area contributed by atoms with Crippen LogP contribution < -0.4 is 28.4 Å². The summed E-state index contributed by atoms with van der Waals surface area (Å²) in [6.45, 7) is 14.6. The molecule has 12 aliphatic rings. The molecule has 3 radical (unpaired) electrons. The van der Waals surface area contributed by atoms with Gasteiger partial charge in [0.25, 0.3) is 17.8 Å². The molecule has 9 aliphatic heterocycles. The summed E-state index contributed by atoms with van der Waals surface area (Å²) in [5, 5.41) is 0. The molecular weight excluding hydrogens is 1920 g/mol. The fourth-order valence-corrected chi connectivity index (χ4v) is 21.8. The SMILES string of the molecule is CC[C@@H]1[C@@H]2CN(C(=O)[C@H](C3(C)COC3)CC(=O)O[C@@H]3CCC[C@H]3CCCCC(F)(F)c3nc4ccc(OC)cc4nc3O2)[C@@H]1[C-]=O.CC[C@@H]1[C@@H]2CN(C(=O)[C@H](C3(C)COC3)CC(=O)O[C@@H]3C[C@H]3CCCCC(F)(F)c3nc4ccc(OC)cc4nc3O2)[C@@H]1[C-]=O.CC[C@@H]1[C@@H]2CN(C(=O)[C@H](C3(C)COC3)CC(=O)O[C@]3(C)C[C@H]3CCCCC(F)(F)c3nc4ccc(OC)cc4nc3O2)[C@@H]1[C-]=O.[V].[V].[V]. The maximum absolute atomic E-state index is 16.1. The number of aromatic nitrogens is 6. The number of carbonyl (C=O) groups excluding carboxylic acids is 9. The third kappa shape index (κ3) is 22.3. The normalized spacial score (nSPS) is 31.4. The fraction of sp³-hybridized carbons (Fsp3) is 0.667. The van der Waals surface area contributed by atoms with Crippen molar-refractivity contribution in [1.82, 2.24) is 44.6 Å². The van der Waals surface area contributed by atoms with Crippen LogP contribution in [0.4, 0.5) is 26.3 Å². The number of halogens is 6. The Morgan fingerprint density at radius 2 is 0.717 bits per heavy atom. The van der Waals surface area contributed by atoms with Crippen molar-refractivity contribution in [1.29, 1.82) is 0 Å². The van der Waals surface area contributed by atoms with Crippen LogP contribution in [0.25, 0.3) is 33.1 Å². The number of alkyl halides is 6. The summed E-state index contributed by atoms with van der Waals surface area (Å²) in [7, 11) is 4.48. The minimum absolute atomic E-state index is 0. The number of hydrogen-bond acceptors (Lipinski definition) is 27. The molecule has 138 heavy (non-hydrogen) atoms. The largest absolute Gasteiger partial charge is 0.540 e. The van der Waals surface area contributed by atoms with Crippen LogP contribution >= 0.6 is 0 Å². The summed E-state index contributed by atoms with van der Waals surface area (Å²) < 4.78 is 165. The Morgan fingerprint density at radius 3 is 1.04 bits per heavy atom. The molecule has 6 bridgehead atoms. The third-order valence-electron chi connectivity index (χ3n) is 30.5. The number of hydrogen-bond donors (Lipinski definition) is 0. The molecule has 39 heteroatoms. The van der Waals surface area contributed by atoms with Gasteiger partial charge in [-0.05, 0) is 144 Å². The van der Waals surface area contributed by atoms with Crippen LogP contribution in [0.15, 0.2) is 54.6 Å². The number of carbonyl (C=O) groups is 6. The van der Waals surface area contributed by atoms with Gasteiger partial charge in [0.1, 0.15) is 53.4 Å². The van der Waals surface area contributed by atoms with Gasteiger partial charge in [0.2, 0.25) is 35.4 Å². The zero-order chi connectivity index (χ0) is 96.0. The van der Waals surface area contributed by atoms with Gasteiger partial charge in [-0.2, -0.15) is 26.3 Å². The third-order valence-corrected chi connectivity index (χ3v) is 30.5. The Hall–Kier alpha value is -8.48. The zero-order valence-electron chi connectivity index (χ0n) is 79.3. The van der Waals surface area contributed by atoms with Crippen molar-refractivity contribution in [3.8, 4) is 34.9 Å². The van der Waals surface area contributed by atoms with Crippen LogP contribution in [0.2, 0.25) is 0 Å². The predicted octanol–water partition coefficient (Wildman–Crippen LogP) is 14.3. The second-order valence-electron chi connectivity index (χ2n) is 40.0. The molecule has 12 heterocycles. The first-order chi connectivity index (χ1) is 64.5. The molecule has 3 amide bonds. The molecular formula is C99H120F6N9O21V3-3. The van der Waals surface area contributed by atoms with E-state index in [1.165, 1.54) is 36.0 Å². The molecule has 18 rings (SSSR count). The summed E-state index contributed by atoms with van der Waals surface area (Å²) in [5.74, 6) is -16.1. The van der Waals surface area contributed by atoms with Gasteiger partial charge in [0, 0.05) is 115 Å². The first-order valence-corrected chi connectivity index (χ1v) is 47.7. The Balaban J connectivity index is 0.000000173. The minimum Gasteiger partial charge on any atom is -0.540 e. The van der Waals surface area contributed by atoms with Crippen LogP contribution in [0.5, 0.6) is 34.9 Å². The van der Waals surface area contributed by atoms with E-state index < -0.39 is 184 Å². The van der Waals surface area contributed by atoms with E-state index in [0.29, 0.717) is 111 Å². The summed E-state index contributed by atoms with van der Waals surface area (Å²) in [5.41, 5.74) is -2.53. The summed E-state index contributed by atoms with van der Waals surface area (Å²) in [4.78, 5) is 150. The molecule has 747 valence electrons. The van der Waals surface area contributed by atoms with Crippen molar-refractivity contribution in [2.45, 2.75) is 268 Å². The number of methoxy groups -OCH3 is 3. The van der Waals surface area contributed by atoms with E-state index in [-0.39, 0.29) is 218 Å². The average molecular weight is 2040 g/mol. The Labute approximate surface area is 833 Å².